The van der Waals surface area contributed by atoms with Crippen molar-refractivity contribution >= 4 is 59.4 Å². The number of sulfonamides is 1. The summed E-state index contributed by atoms with van der Waals surface area (Å²) in [6, 6.07) is 22.8. The fraction of sp³-hybridized carbons (Fsp3) is 0.310. The second-order valence-electron chi connectivity index (χ2n) is 9.42. The maximum atomic E-state index is 14.0. The predicted octanol–water partition coefficient (Wildman–Crippen LogP) is 5.53. The fourth-order valence-electron chi connectivity index (χ4n) is 4.03. The molecule has 0 bridgehead atoms. The van der Waals surface area contributed by atoms with Crippen molar-refractivity contribution in [2.24, 2.45) is 0 Å². The Morgan fingerprint density at radius 1 is 0.897 bits per heavy atom. The van der Waals surface area contributed by atoms with E-state index in [4.69, 9.17) is 0 Å². The van der Waals surface area contributed by atoms with Crippen molar-refractivity contribution in [2.75, 3.05) is 17.1 Å². The number of nitrogens with one attached hydrogen (secondary N) is 1. The van der Waals surface area contributed by atoms with Crippen LogP contribution in [-0.2, 0) is 32.6 Å². The van der Waals surface area contributed by atoms with E-state index in [0.717, 1.165) is 32.6 Å². The molecule has 7 nitrogen and oxygen atoms in total. The van der Waals surface area contributed by atoms with Crippen molar-refractivity contribution in [2.45, 2.75) is 45.3 Å². The van der Waals surface area contributed by atoms with Crippen LogP contribution in [0.5, 0.6) is 0 Å². The van der Waals surface area contributed by atoms with E-state index in [9.17, 15) is 18.0 Å². The van der Waals surface area contributed by atoms with Crippen molar-refractivity contribution in [1.82, 2.24) is 10.2 Å². The number of amides is 2. The summed E-state index contributed by atoms with van der Waals surface area (Å²) in [5, 5.41) is 3.02. The molecular weight excluding hydrogens is 646 g/mol. The van der Waals surface area contributed by atoms with Crippen molar-refractivity contribution in [1.29, 1.82) is 0 Å². The van der Waals surface area contributed by atoms with Gasteiger partial charge in [-0.1, -0.05) is 87.3 Å². The highest BCUT2D eigenvalue weighted by Gasteiger charge is 2.33. The lowest BCUT2D eigenvalue weighted by atomic mass is 10.0. The first-order valence-electron chi connectivity index (χ1n) is 12.6. The molecule has 39 heavy (non-hydrogen) atoms. The molecule has 3 rings (SSSR count). The molecule has 2 amide bonds. The summed E-state index contributed by atoms with van der Waals surface area (Å²) >= 11 is 6.81. The van der Waals surface area contributed by atoms with Crippen molar-refractivity contribution < 1.29 is 18.0 Å². The van der Waals surface area contributed by atoms with Crippen LogP contribution in [0.2, 0.25) is 0 Å². The molecule has 0 unspecified atom stereocenters. The topological polar surface area (TPSA) is 86.8 Å². The van der Waals surface area contributed by atoms with Crippen LogP contribution in [0.3, 0.4) is 0 Å². The van der Waals surface area contributed by atoms with Crippen LogP contribution in [-0.4, -0.2) is 50.0 Å². The summed E-state index contributed by atoms with van der Waals surface area (Å²) < 4.78 is 28.3. The van der Waals surface area contributed by atoms with Gasteiger partial charge in [0.25, 0.3) is 0 Å². The first-order chi connectivity index (χ1) is 18.5. The number of carbonyl (C=O) groups excluding carboxylic acids is 2. The molecular formula is C29H33Br2N3O4S. The minimum Gasteiger partial charge on any atom is -0.352 e. The van der Waals surface area contributed by atoms with Gasteiger partial charge in [-0.2, -0.15) is 0 Å². The van der Waals surface area contributed by atoms with Crippen LogP contribution >= 0.6 is 31.9 Å². The Hall–Kier alpha value is -2.69. The number of hydrogen-bond acceptors (Lipinski definition) is 4. The Labute approximate surface area is 247 Å². The zero-order valence-corrected chi connectivity index (χ0v) is 26.2. The number of rotatable bonds is 12. The molecule has 0 fully saturated rings. The molecule has 208 valence electrons. The van der Waals surface area contributed by atoms with Crippen LogP contribution < -0.4 is 9.62 Å². The van der Waals surface area contributed by atoms with Crippen LogP contribution in [0.4, 0.5) is 5.69 Å². The first kappa shape index (κ1) is 30.8. The molecule has 10 heteroatoms. The third-order valence-electron chi connectivity index (χ3n) is 6.31. The molecule has 0 saturated carbocycles. The molecule has 3 aromatic carbocycles. The second kappa shape index (κ2) is 14.1. The van der Waals surface area contributed by atoms with Gasteiger partial charge in [-0.3, -0.25) is 13.9 Å². The van der Waals surface area contributed by atoms with Crippen LogP contribution in [0.25, 0.3) is 0 Å². The Bertz CT molecular complexity index is 1370. The van der Waals surface area contributed by atoms with Gasteiger partial charge in [-0.25, -0.2) is 8.42 Å². The van der Waals surface area contributed by atoms with Gasteiger partial charge in [-0.15, -0.1) is 0 Å². The van der Waals surface area contributed by atoms with E-state index in [2.05, 4.69) is 37.2 Å². The SMILES string of the molecule is CC[C@H](C)NC(=O)[C@@H](Cc1ccccc1)N(Cc1ccc(Br)cc1)C(=O)CN(c1cccc(Br)c1)S(C)(=O)=O. The van der Waals surface area contributed by atoms with E-state index >= 15 is 0 Å². The number of halogens is 2. The van der Waals surface area contributed by atoms with Gasteiger partial charge in [0.15, 0.2) is 0 Å². The zero-order valence-electron chi connectivity index (χ0n) is 22.2. The number of benzene rings is 3. The minimum atomic E-state index is -3.81. The summed E-state index contributed by atoms with van der Waals surface area (Å²) in [7, 11) is -3.81. The number of nitrogens with zero attached hydrogens (tertiary/aromatic N) is 2. The third kappa shape index (κ3) is 9.19. The molecule has 0 radical (unpaired) electrons. The maximum absolute atomic E-state index is 14.0. The van der Waals surface area contributed by atoms with Crippen LogP contribution in [0.1, 0.15) is 31.4 Å². The monoisotopic (exact) mass is 677 g/mol. The highest BCUT2D eigenvalue weighted by Crippen LogP contribution is 2.24. The smallest absolute Gasteiger partial charge is 0.244 e. The van der Waals surface area contributed by atoms with Gasteiger partial charge in [0.2, 0.25) is 21.8 Å². The molecule has 0 aliphatic carbocycles. The van der Waals surface area contributed by atoms with E-state index in [1.807, 2.05) is 68.4 Å². The average Bonchev–Trinajstić information content (AvgIpc) is 2.90. The lowest BCUT2D eigenvalue weighted by molar-refractivity contribution is -0.140. The quantitative estimate of drug-likeness (QED) is 0.273. The van der Waals surface area contributed by atoms with Gasteiger partial charge < -0.3 is 10.2 Å². The van der Waals surface area contributed by atoms with Crippen molar-refractivity contribution in [3.63, 3.8) is 0 Å². The van der Waals surface area contributed by atoms with Gasteiger partial charge in [0.1, 0.15) is 12.6 Å². The Morgan fingerprint density at radius 2 is 1.56 bits per heavy atom. The summed E-state index contributed by atoms with van der Waals surface area (Å²) in [5.74, 6) is -0.768. The highest BCUT2D eigenvalue weighted by molar-refractivity contribution is 9.10. The fourth-order valence-corrected chi connectivity index (χ4v) is 5.52. The molecule has 0 aromatic heterocycles. The van der Waals surface area contributed by atoms with E-state index in [0.29, 0.717) is 10.2 Å². The molecule has 3 aromatic rings. The van der Waals surface area contributed by atoms with Gasteiger partial charge in [0, 0.05) is 28.0 Å². The van der Waals surface area contributed by atoms with E-state index in [1.54, 1.807) is 24.3 Å². The number of carbonyl (C=O) groups is 2. The van der Waals surface area contributed by atoms with Crippen LogP contribution in [0, 0.1) is 0 Å². The number of anilines is 1. The zero-order chi connectivity index (χ0) is 28.6. The van der Waals surface area contributed by atoms with Crippen molar-refractivity contribution in [3.05, 3.63) is 98.9 Å². The van der Waals surface area contributed by atoms with Crippen LogP contribution in [0.15, 0.2) is 87.8 Å². The second-order valence-corrected chi connectivity index (χ2v) is 13.2. The predicted molar refractivity (Wildman–Crippen MR) is 163 cm³/mol. The minimum absolute atomic E-state index is 0.0883. The Balaban J connectivity index is 2.05. The largest absolute Gasteiger partial charge is 0.352 e. The maximum Gasteiger partial charge on any atom is 0.244 e. The average molecular weight is 679 g/mol. The molecule has 0 aliphatic heterocycles. The van der Waals surface area contributed by atoms with Gasteiger partial charge in [-0.05, 0) is 54.8 Å². The highest BCUT2D eigenvalue weighted by atomic mass is 79.9. The van der Waals surface area contributed by atoms with E-state index < -0.39 is 28.5 Å². The van der Waals surface area contributed by atoms with E-state index in [-0.39, 0.29) is 24.9 Å². The molecule has 0 spiro atoms. The molecule has 2 atom stereocenters. The Morgan fingerprint density at radius 3 is 2.15 bits per heavy atom. The Kier molecular flexibility index (Phi) is 11.1. The summed E-state index contributed by atoms with van der Waals surface area (Å²) in [4.78, 5) is 29.2. The van der Waals surface area contributed by atoms with Gasteiger partial charge in [0.05, 0.1) is 11.9 Å². The number of hydrogen-bond donors (Lipinski definition) is 1. The summed E-state index contributed by atoms with van der Waals surface area (Å²) in [6.45, 7) is 3.57. The lowest BCUT2D eigenvalue weighted by Crippen LogP contribution is -2.54. The third-order valence-corrected chi connectivity index (χ3v) is 8.48. The molecule has 1 N–H and O–H groups in total. The molecule has 0 heterocycles. The van der Waals surface area contributed by atoms with Gasteiger partial charge >= 0.3 is 0 Å². The standard InChI is InChI=1S/C29H33Br2N3O4S/c1-4-21(2)32-29(36)27(17-22-9-6-5-7-10-22)33(19-23-13-15-24(30)16-14-23)28(35)20-34(39(3,37)38)26-12-8-11-25(31)18-26/h5-16,18,21,27H,4,17,19-20H2,1-3H3,(H,32,36)/t21-,27+/m0/s1. The first-order valence-corrected chi connectivity index (χ1v) is 16.0. The van der Waals surface area contributed by atoms with E-state index in [1.165, 1.54) is 4.90 Å². The molecule has 0 saturated heterocycles. The molecule has 0 aliphatic rings. The van der Waals surface area contributed by atoms with Crippen molar-refractivity contribution in [3.8, 4) is 0 Å². The summed E-state index contributed by atoms with van der Waals surface area (Å²) in [6.07, 6.45) is 2.08. The lowest BCUT2D eigenvalue weighted by Gasteiger charge is -2.34. The normalized spacial score (nSPS) is 12.8. The summed E-state index contributed by atoms with van der Waals surface area (Å²) in [5.41, 5.74) is 2.06.